The number of nitrogens with zero attached hydrogens (tertiary/aromatic N) is 2. The van der Waals surface area contributed by atoms with Gasteiger partial charge < -0.3 is 0 Å². The maximum Gasteiger partial charge on any atom is 0.326 e. The number of fused-ring (bicyclic) bond motifs is 2. The summed E-state index contributed by atoms with van der Waals surface area (Å²) >= 11 is 0. The van der Waals surface area contributed by atoms with E-state index in [2.05, 4.69) is 4.98 Å². The molecule has 1 aromatic heterocycles. The van der Waals surface area contributed by atoms with Crippen LogP contribution in [0.3, 0.4) is 0 Å². The van der Waals surface area contributed by atoms with Crippen LogP contribution in [0.5, 0.6) is 0 Å². The largest absolute Gasteiger partial charge is 0.326 e. The molecule has 0 bridgehead atoms. The molecule has 3 aromatic carbocycles. The fraction of sp³-hybridized carbons (Fsp3) is 0.100. The lowest BCUT2D eigenvalue weighted by atomic mass is 10.0. The Morgan fingerprint density at radius 1 is 0.926 bits per heavy atom. The highest BCUT2D eigenvalue weighted by Gasteiger charge is 2.20. The normalized spacial score (nSPS) is 11.7. The first kappa shape index (κ1) is 17.2. The smallest absolute Gasteiger partial charge is 0.282 e. The lowest BCUT2D eigenvalue weighted by Gasteiger charge is -2.14. The molecule has 0 saturated carbocycles. The zero-order valence-electron chi connectivity index (χ0n) is 14.5. The van der Waals surface area contributed by atoms with E-state index in [1.165, 1.54) is 6.92 Å². The molecule has 0 amide bonds. The number of rotatable bonds is 4. The quantitative estimate of drug-likeness (QED) is 0.544. The molecule has 0 fully saturated rings. The van der Waals surface area contributed by atoms with Crippen LogP contribution in [0.4, 0.5) is 0 Å². The van der Waals surface area contributed by atoms with Crippen LogP contribution >= 0.6 is 0 Å². The van der Waals surface area contributed by atoms with Crippen molar-refractivity contribution in [2.24, 2.45) is 0 Å². The van der Waals surface area contributed by atoms with Crippen molar-refractivity contribution in [3.63, 3.8) is 0 Å². The summed E-state index contributed by atoms with van der Waals surface area (Å²) in [7, 11) is -3.92. The maximum absolute atomic E-state index is 13.0. The first-order valence-corrected chi connectivity index (χ1v) is 10.0. The number of hydrogen-bond acceptors (Lipinski definition) is 5. The lowest BCUT2D eigenvalue weighted by molar-refractivity contribution is 0.271. The first-order chi connectivity index (χ1) is 13.0. The van der Waals surface area contributed by atoms with E-state index in [1.54, 1.807) is 30.3 Å². The van der Waals surface area contributed by atoms with Gasteiger partial charge in [0, 0.05) is 5.56 Å². The Labute approximate surface area is 155 Å². The van der Waals surface area contributed by atoms with E-state index < -0.39 is 15.7 Å². The Kier molecular flexibility index (Phi) is 4.16. The minimum Gasteiger partial charge on any atom is -0.282 e. The molecule has 0 N–H and O–H groups in total. The minimum atomic E-state index is -3.92. The second-order valence-corrected chi connectivity index (χ2v) is 7.84. The highest BCUT2D eigenvalue weighted by Crippen LogP contribution is 2.27. The summed E-state index contributed by atoms with van der Waals surface area (Å²) in [5.74, 6) is -0.117. The molecule has 4 aromatic rings. The summed E-state index contributed by atoms with van der Waals surface area (Å²) in [5, 5.41) is 2.07. The zero-order chi connectivity index (χ0) is 19.0. The van der Waals surface area contributed by atoms with Crippen molar-refractivity contribution in [2.75, 3.05) is 5.75 Å². The molecule has 7 heteroatoms. The van der Waals surface area contributed by atoms with Crippen LogP contribution in [0.2, 0.25) is 0 Å². The number of hydrogen-bond donors (Lipinski definition) is 0. The van der Waals surface area contributed by atoms with Crippen LogP contribution in [-0.2, 0) is 10.1 Å². The molecular formula is C20H16N2O4S. The molecule has 0 atom stereocenters. The molecule has 0 unspecified atom stereocenters. The van der Waals surface area contributed by atoms with Crippen LogP contribution in [0.25, 0.3) is 33.1 Å². The average Bonchev–Trinajstić information content (AvgIpc) is 2.69. The average molecular weight is 380 g/mol. The van der Waals surface area contributed by atoms with E-state index in [4.69, 9.17) is 4.28 Å². The molecule has 0 aliphatic heterocycles. The van der Waals surface area contributed by atoms with E-state index in [-0.39, 0.29) is 17.0 Å². The van der Waals surface area contributed by atoms with Gasteiger partial charge in [-0.3, -0.25) is 9.08 Å². The third-order valence-corrected chi connectivity index (χ3v) is 5.39. The van der Waals surface area contributed by atoms with E-state index in [0.717, 1.165) is 15.5 Å². The monoisotopic (exact) mass is 380 g/mol. The van der Waals surface area contributed by atoms with Gasteiger partial charge in [-0.15, -0.1) is 4.73 Å². The number of benzene rings is 3. The van der Waals surface area contributed by atoms with Crippen molar-refractivity contribution in [2.45, 2.75) is 6.92 Å². The number of para-hydroxylation sites is 1. The molecule has 4 rings (SSSR count). The molecule has 136 valence electrons. The van der Waals surface area contributed by atoms with Gasteiger partial charge in [0.15, 0.2) is 5.82 Å². The van der Waals surface area contributed by atoms with Crippen molar-refractivity contribution in [3.8, 4) is 11.4 Å². The van der Waals surface area contributed by atoms with Gasteiger partial charge >= 0.3 is 10.1 Å². The molecule has 0 radical (unpaired) electrons. The second-order valence-electron chi connectivity index (χ2n) is 6.00. The Morgan fingerprint density at radius 3 is 2.37 bits per heavy atom. The van der Waals surface area contributed by atoms with Crippen molar-refractivity contribution < 1.29 is 12.7 Å². The molecule has 6 nitrogen and oxygen atoms in total. The predicted molar refractivity (Wildman–Crippen MR) is 105 cm³/mol. The van der Waals surface area contributed by atoms with Gasteiger partial charge in [0.2, 0.25) is 0 Å². The summed E-state index contributed by atoms with van der Waals surface area (Å²) in [6, 6.07) is 19.9. The van der Waals surface area contributed by atoms with Crippen molar-refractivity contribution >= 4 is 31.8 Å². The summed E-state index contributed by atoms with van der Waals surface area (Å²) < 4.78 is 30.1. The van der Waals surface area contributed by atoms with Gasteiger partial charge in [0.1, 0.15) is 0 Å². The molecule has 0 aliphatic carbocycles. The van der Waals surface area contributed by atoms with Crippen LogP contribution < -0.4 is 9.84 Å². The highest BCUT2D eigenvalue weighted by molar-refractivity contribution is 7.86. The maximum atomic E-state index is 13.0. The Morgan fingerprint density at radius 2 is 1.59 bits per heavy atom. The Bertz CT molecular complexity index is 1320. The number of aromatic nitrogens is 2. The van der Waals surface area contributed by atoms with E-state index in [0.29, 0.717) is 11.1 Å². The van der Waals surface area contributed by atoms with Gasteiger partial charge in [0.05, 0.1) is 16.7 Å². The first-order valence-electron chi connectivity index (χ1n) is 8.43. The van der Waals surface area contributed by atoms with Gasteiger partial charge in [-0.2, -0.15) is 8.42 Å². The minimum absolute atomic E-state index is 0.146. The lowest BCUT2D eigenvalue weighted by Crippen LogP contribution is -2.33. The molecule has 27 heavy (non-hydrogen) atoms. The molecule has 0 spiro atoms. The van der Waals surface area contributed by atoms with E-state index in [9.17, 15) is 13.2 Å². The topological polar surface area (TPSA) is 78.3 Å². The van der Waals surface area contributed by atoms with Crippen LogP contribution in [0, 0.1) is 0 Å². The Hall–Kier alpha value is -3.19. The van der Waals surface area contributed by atoms with Crippen molar-refractivity contribution in [1.29, 1.82) is 0 Å². The van der Waals surface area contributed by atoms with Crippen LogP contribution in [-0.4, -0.2) is 23.9 Å². The Balaban J connectivity index is 2.11. The molecular weight excluding hydrogens is 364 g/mol. The molecule has 1 heterocycles. The van der Waals surface area contributed by atoms with Gasteiger partial charge in [-0.25, -0.2) is 4.98 Å². The van der Waals surface area contributed by atoms with E-state index >= 15 is 0 Å². The second kappa shape index (κ2) is 6.51. The SMILES string of the molecule is CCS(=O)(=O)On1c(-c2cccc3ccccc23)nc2ccccc2c1=O. The summed E-state index contributed by atoms with van der Waals surface area (Å²) in [4.78, 5) is 17.5. The standard InChI is InChI=1S/C20H16N2O4S/c1-2-27(24,25)26-22-19(21-18-13-6-5-11-17(18)20(22)23)16-12-7-9-14-8-3-4-10-15(14)16/h3-13H,2H2,1H3. The third-order valence-electron chi connectivity index (χ3n) is 4.31. The summed E-state index contributed by atoms with van der Waals surface area (Å²) in [6.07, 6.45) is 0. The van der Waals surface area contributed by atoms with Crippen LogP contribution in [0.15, 0.2) is 71.5 Å². The highest BCUT2D eigenvalue weighted by atomic mass is 32.2. The van der Waals surface area contributed by atoms with Crippen molar-refractivity contribution in [1.82, 2.24) is 9.71 Å². The summed E-state index contributed by atoms with van der Waals surface area (Å²) in [5.41, 5.74) is 0.516. The van der Waals surface area contributed by atoms with Gasteiger partial charge in [-0.1, -0.05) is 54.6 Å². The third kappa shape index (κ3) is 3.06. The van der Waals surface area contributed by atoms with Crippen molar-refractivity contribution in [3.05, 3.63) is 77.1 Å². The fourth-order valence-corrected chi connectivity index (χ4v) is 3.41. The zero-order valence-corrected chi connectivity index (χ0v) is 15.3. The predicted octanol–water partition coefficient (Wildman–Crippen LogP) is 3.00. The van der Waals surface area contributed by atoms with Gasteiger partial charge in [-0.05, 0) is 29.8 Å². The molecule has 0 aliphatic rings. The van der Waals surface area contributed by atoms with Gasteiger partial charge in [0.25, 0.3) is 5.56 Å². The van der Waals surface area contributed by atoms with E-state index in [1.807, 2.05) is 36.4 Å². The van der Waals surface area contributed by atoms with Crippen LogP contribution in [0.1, 0.15) is 6.92 Å². The summed E-state index contributed by atoms with van der Waals surface area (Å²) in [6.45, 7) is 1.45. The molecule has 0 saturated heterocycles. The fourth-order valence-electron chi connectivity index (χ4n) is 2.94.